The highest BCUT2D eigenvalue weighted by Gasteiger charge is 2.12. The van der Waals surface area contributed by atoms with E-state index in [9.17, 15) is 14.9 Å². The van der Waals surface area contributed by atoms with Crippen LogP contribution < -0.4 is 10.2 Å². The lowest BCUT2D eigenvalue weighted by atomic mass is 10.2. The summed E-state index contributed by atoms with van der Waals surface area (Å²) in [6.07, 6.45) is 2.92. The van der Waals surface area contributed by atoms with Gasteiger partial charge in [0.2, 0.25) is 5.88 Å². The van der Waals surface area contributed by atoms with Crippen molar-refractivity contribution in [1.82, 2.24) is 10.4 Å². The van der Waals surface area contributed by atoms with Crippen molar-refractivity contribution in [2.24, 2.45) is 5.10 Å². The summed E-state index contributed by atoms with van der Waals surface area (Å²) in [5.41, 5.74) is 3.24. The molecule has 1 heterocycles. The van der Waals surface area contributed by atoms with E-state index in [0.29, 0.717) is 12.2 Å². The number of nitrogens with one attached hydrogen (secondary N) is 1. The standard InChI is InChI=1S/C15H14N4O4/c1-2-23-15-13(4-3-9-16-15)14(20)18-17-10-11-5-7-12(8-6-11)19(21)22/h3-10H,2H2,1H3,(H,18,20). The summed E-state index contributed by atoms with van der Waals surface area (Å²) in [5, 5.41) is 14.4. The Balaban J connectivity index is 2.02. The highest BCUT2D eigenvalue weighted by molar-refractivity contribution is 5.96. The molecule has 1 amide bonds. The molecule has 8 nitrogen and oxygen atoms in total. The third-order valence-electron chi connectivity index (χ3n) is 2.78. The molecule has 0 aliphatic heterocycles. The molecule has 0 unspecified atom stereocenters. The molecule has 1 aromatic heterocycles. The number of hydrogen-bond donors (Lipinski definition) is 1. The molecule has 0 bridgehead atoms. The number of nitrogens with zero attached hydrogens (tertiary/aromatic N) is 3. The van der Waals surface area contributed by atoms with Gasteiger partial charge < -0.3 is 4.74 Å². The van der Waals surface area contributed by atoms with Crippen LogP contribution in [-0.2, 0) is 0 Å². The van der Waals surface area contributed by atoms with E-state index >= 15 is 0 Å². The fourth-order valence-corrected chi connectivity index (χ4v) is 1.72. The van der Waals surface area contributed by atoms with E-state index < -0.39 is 10.8 Å². The lowest BCUT2D eigenvalue weighted by molar-refractivity contribution is -0.384. The minimum absolute atomic E-state index is 0.0112. The van der Waals surface area contributed by atoms with Gasteiger partial charge in [0.15, 0.2) is 0 Å². The van der Waals surface area contributed by atoms with Crippen molar-refractivity contribution in [2.75, 3.05) is 6.61 Å². The number of nitro groups is 1. The summed E-state index contributed by atoms with van der Waals surface area (Å²) in [6.45, 7) is 2.19. The average Bonchev–Trinajstić information content (AvgIpc) is 2.56. The Morgan fingerprint density at radius 2 is 2.13 bits per heavy atom. The number of aromatic nitrogens is 1. The fourth-order valence-electron chi connectivity index (χ4n) is 1.72. The normalized spacial score (nSPS) is 10.5. The molecule has 0 spiro atoms. The second-order valence-corrected chi connectivity index (χ2v) is 4.34. The molecule has 8 heteroatoms. The Labute approximate surface area is 132 Å². The fraction of sp³-hybridized carbons (Fsp3) is 0.133. The van der Waals surface area contributed by atoms with Gasteiger partial charge in [0.1, 0.15) is 5.56 Å². The van der Waals surface area contributed by atoms with Gasteiger partial charge in [-0.1, -0.05) is 0 Å². The molecule has 118 valence electrons. The first-order valence-corrected chi connectivity index (χ1v) is 6.77. The number of nitro benzene ring substituents is 1. The topological polar surface area (TPSA) is 107 Å². The van der Waals surface area contributed by atoms with Crippen LogP contribution in [0.25, 0.3) is 0 Å². The van der Waals surface area contributed by atoms with Gasteiger partial charge in [0, 0.05) is 18.3 Å². The Hall–Kier alpha value is -3.29. The van der Waals surface area contributed by atoms with Gasteiger partial charge in [-0.25, -0.2) is 10.4 Å². The smallest absolute Gasteiger partial charge is 0.276 e. The SMILES string of the molecule is CCOc1ncccc1C(=O)NN=Cc1ccc([N+](=O)[O-])cc1. The molecule has 0 fully saturated rings. The van der Waals surface area contributed by atoms with Crippen molar-refractivity contribution in [1.29, 1.82) is 0 Å². The van der Waals surface area contributed by atoms with E-state index in [1.165, 1.54) is 36.7 Å². The summed E-state index contributed by atoms with van der Waals surface area (Å²) in [4.78, 5) is 26.1. The Morgan fingerprint density at radius 3 is 2.78 bits per heavy atom. The molecule has 1 N–H and O–H groups in total. The van der Waals surface area contributed by atoms with Gasteiger partial charge in [-0.05, 0) is 36.8 Å². The maximum Gasteiger partial charge on any atom is 0.276 e. The van der Waals surface area contributed by atoms with Crippen molar-refractivity contribution in [3.8, 4) is 5.88 Å². The van der Waals surface area contributed by atoms with E-state index in [1.54, 1.807) is 19.1 Å². The second kappa shape index (κ2) is 7.64. The monoisotopic (exact) mass is 314 g/mol. The van der Waals surface area contributed by atoms with Crippen LogP contribution in [-0.4, -0.2) is 28.6 Å². The van der Waals surface area contributed by atoms with Crippen LogP contribution in [0.2, 0.25) is 0 Å². The number of hydrazone groups is 1. The van der Waals surface area contributed by atoms with Crippen molar-refractivity contribution in [2.45, 2.75) is 6.92 Å². The third-order valence-corrected chi connectivity index (χ3v) is 2.78. The quantitative estimate of drug-likeness (QED) is 0.499. The van der Waals surface area contributed by atoms with Crippen LogP contribution >= 0.6 is 0 Å². The number of carbonyl (C=O) groups excluding carboxylic acids is 1. The van der Waals surface area contributed by atoms with Gasteiger partial charge in [-0.15, -0.1) is 0 Å². The van der Waals surface area contributed by atoms with Crippen LogP contribution in [0.15, 0.2) is 47.7 Å². The Bertz CT molecular complexity index is 729. The van der Waals surface area contributed by atoms with E-state index in [-0.39, 0.29) is 17.1 Å². The van der Waals surface area contributed by atoms with Gasteiger partial charge in [0.05, 0.1) is 17.7 Å². The second-order valence-electron chi connectivity index (χ2n) is 4.34. The van der Waals surface area contributed by atoms with Crippen molar-refractivity contribution >= 4 is 17.8 Å². The highest BCUT2D eigenvalue weighted by Crippen LogP contribution is 2.14. The maximum absolute atomic E-state index is 12.0. The number of hydrogen-bond acceptors (Lipinski definition) is 6. The summed E-state index contributed by atoms with van der Waals surface area (Å²) in [5.74, 6) is -0.224. The van der Waals surface area contributed by atoms with Crippen LogP contribution in [0.1, 0.15) is 22.8 Å². The number of pyridine rings is 1. The maximum atomic E-state index is 12.0. The molecule has 0 aliphatic rings. The molecule has 1 aromatic carbocycles. The number of amides is 1. The molecule has 0 saturated heterocycles. The summed E-state index contributed by atoms with van der Waals surface area (Å²) in [7, 11) is 0. The van der Waals surface area contributed by atoms with Crippen molar-refractivity contribution < 1.29 is 14.5 Å². The minimum atomic E-state index is -0.486. The largest absolute Gasteiger partial charge is 0.477 e. The molecule has 2 aromatic rings. The Kier molecular flexibility index (Phi) is 5.35. The first-order chi connectivity index (χ1) is 11.1. The summed E-state index contributed by atoms with van der Waals surface area (Å²) in [6, 6.07) is 8.98. The first-order valence-electron chi connectivity index (χ1n) is 6.77. The lowest BCUT2D eigenvalue weighted by Gasteiger charge is -2.06. The van der Waals surface area contributed by atoms with Gasteiger partial charge in [-0.2, -0.15) is 5.10 Å². The molecule has 0 aliphatic carbocycles. The molecule has 2 rings (SSSR count). The molecule has 23 heavy (non-hydrogen) atoms. The van der Waals surface area contributed by atoms with E-state index in [0.717, 1.165) is 0 Å². The van der Waals surface area contributed by atoms with E-state index in [4.69, 9.17) is 4.74 Å². The molecular weight excluding hydrogens is 300 g/mol. The Morgan fingerprint density at radius 1 is 1.39 bits per heavy atom. The summed E-state index contributed by atoms with van der Waals surface area (Å²) < 4.78 is 5.27. The van der Waals surface area contributed by atoms with E-state index in [2.05, 4.69) is 15.5 Å². The number of non-ortho nitro benzene ring substituents is 1. The van der Waals surface area contributed by atoms with E-state index in [1.807, 2.05) is 0 Å². The third kappa shape index (κ3) is 4.34. The minimum Gasteiger partial charge on any atom is -0.477 e. The first kappa shape index (κ1) is 16.1. The van der Waals surface area contributed by atoms with Crippen LogP contribution in [0.3, 0.4) is 0 Å². The van der Waals surface area contributed by atoms with Crippen molar-refractivity contribution in [3.05, 3.63) is 63.8 Å². The van der Waals surface area contributed by atoms with Gasteiger partial charge in [-0.3, -0.25) is 14.9 Å². The predicted octanol–water partition coefficient (Wildman–Crippen LogP) is 2.15. The van der Waals surface area contributed by atoms with Crippen LogP contribution in [0.5, 0.6) is 5.88 Å². The van der Waals surface area contributed by atoms with Crippen molar-refractivity contribution in [3.63, 3.8) is 0 Å². The molecule has 0 atom stereocenters. The van der Waals surface area contributed by atoms with Gasteiger partial charge >= 0.3 is 0 Å². The zero-order chi connectivity index (χ0) is 16.7. The van der Waals surface area contributed by atoms with Gasteiger partial charge in [0.25, 0.3) is 11.6 Å². The number of rotatable bonds is 6. The number of benzene rings is 1. The van der Waals surface area contributed by atoms with Crippen LogP contribution in [0.4, 0.5) is 5.69 Å². The number of ether oxygens (including phenoxy) is 1. The molecule has 0 radical (unpaired) electrons. The number of carbonyl (C=O) groups is 1. The summed E-state index contributed by atoms with van der Waals surface area (Å²) >= 11 is 0. The van der Waals surface area contributed by atoms with Crippen LogP contribution in [0, 0.1) is 10.1 Å². The molecular formula is C15H14N4O4. The lowest BCUT2D eigenvalue weighted by Crippen LogP contribution is -2.19. The molecule has 0 saturated carbocycles. The highest BCUT2D eigenvalue weighted by atomic mass is 16.6. The zero-order valence-electron chi connectivity index (χ0n) is 12.3. The average molecular weight is 314 g/mol. The predicted molar refractivity (Wildman–Crippen MR) is 83.6 cm³/mol. The zero-order valence-corrected chi connectivity index (χ0v) is 12.3.